The van der Waals surface area contributed by atoms with E-state index in [4.69, 9.17) is 9.47 Å². The number of aryl methyl sites for hydroxylation is 1. The van der Waals surface area contributed by atoms with Crippen molar-refractivity contribution in [3.8, 4) is 11.5 Å². The van der Waals surface area contributed by atoms with Gasteiger partial charge in [-0.1, -0.05) is 17.7 Å². The van der Waals surface area contributed by atoms with E-state index in [9.17, 15) is 22.0 Å². The summed E-state index contributed by atoms with van der Waals surface area (Å²) in [4.78, 5) is 12.7. The molecule has 3 rings (SSSR count). The average molecular weight is 477 g/mol. The minimum Gasteiger partial charge on any atom is -0.497 e. The Morgan fingerprint density at radius 1 is 0.939 bits per heavy atom. The van der Waals surface area contributed by atoms with Gasteiger partial charge in [-0.3, -0.25) is 9.10 Å². The topological polar surface area (TPSA) is 84.9 Å². The van der Waals surface area contributed by atoms with Crippen molar-refractivity contribution >= 4 is 27.3 Å². The van der Waals surface area contributed by atoms with E-state index in [1.807, 2.05) is 6.92 Å². The maximum absolute atomic E-state index is 13.5. The van der Waals surface area contributed by atoms with Crippen molar-refractivity contribution in [3.63, 3.8) is 0 Å². The number of anilines is 2. The number of rotatable bonds is 8. The summed E-state index contributed by atoms with van der Waals surface area (Å²) >= 11 is 0. The van der Waals surface area contributed by atoms with Crippen molar-refractivity contribution in [2.75, 3.05) is 30.4 Å². The Balaban J connectivity index is 2.02. The Hall–Kier alpha value is -3.66. The van der Waals surface area contributed by atoms with Gasteiger partial charge in [-0.25, -0.2) is 17.2 Å². The highest BCUT2D eigenvalue weighted by Gasteiger charge is 2.30. The molecule has 1 amide bonds. The smallest absolute Gasteiger partial charge is 0.264 e. The Labute approximate surface area is 190 Å². The van der Waals surface area contributed by atoms with Gasteiger partial charge >= 0.3 is 0 Å². The molecule has 0 fully saturated rings. The third-order valence-corrected chi connectivity index (χ3v) is 6.53. The Morgan fingerprint density at radius 3 is 2.24 bits per heavy atom. The largest absolute Gasteiger partial charge is 0.497 e. The lowest BCUT2D eigenvalue weighted by Crippen LogP contribution is -2.38. The maximum Gasteiger partial charge on any atom is 0.264 e. The van der Waals surface area contributed by atoms with E-state index >= 15 is 0 Å². The number of benzene rings is 3. The molecule has 0 saturated heterocycles. The second-order valence-electron chi connectivity index (χ2n) is 7.04. The molecule has 0 radical (unpaired) electrons. The lowest BCUT2D eigenvalue weighted by Gasteiger charge is -2.26. The van der Waals surface area contributed by atoms with Crippen LogP contribution in [0.5, 0.6) is 11.5 Å². The van der Waals surface area contributed by atoms with E-state index in [2.05, 4.69) is 5.32 Å². The fourth-order valence-electron chi connectivity index (χ4n) is 3.03. The molecule has 1 N–H and O–H groups in total. The molecule has 3 aromatic rings. The van der Waals surface area contributed by atoms with Gasteiger partial charge in [0.2, 0.25) is 5.91 Å². The SMILES string of the molecule is COc1ccc(N(CC(=O)Nc2ccc(F)c(F)c2)S(=O)(=O)c2ccc(C)cc2)c(OC)c1. The molecule has 33 heavy (non-hydrogen) atoms. The zero-order valence-electron chi connectivity index (χ0n) is 18.1. The van der Waals surface area contributed by atoms with Gasteiger partial charge in [0.15, 0.2) is 11.6 Å². The van der Waals surface area contributed by atoms with Crippen LogP contribution >= 0.6 is 0 Å². The number of carbonyl (C=O) groups is 1. The summed E-state index contributed by atoms with van der Waals surface area (Å²) in [5.74, 6) is -2.40. The van der Waals surface area contributed by atoms with Crippen molar-refractivity contribution in [3.05, 3.63) is 77.9 Å². The van der Waals surface area contributed by atoms with E-state index in [-0.39, 0.29) is 22.0 Å². The molecular formula is C23H22F2N2O5S. The van der Waals surface area contributed by atoms with Gasteiger partial charge in [-0.15, -0.1) is 0 Å². The first kappa shape index (κ1) is 24.0. The standard InChI is InChI=1S/C23H22F2N2O5S/c1-15-4-8-18(9-5-15)33(29,30)27(21-11-7-17(31-2)13-22(21)32-3)14-23(28)26-16-6-10-19(24)20(25)12-16/h4-13H,14H2,1-3H3,(H,26,28). The molecule has 0 aliphatic carbocycles. The highest BCUT2D eigenvalue weighted by molar-refractivity contribution is 7.92. The first-order valence-electron chi connectivity index (χ1n) is 9.72. The lowest BCUT2D eigenvalue weighted by molar-refractivity contribution is -0.114. The van der Waals surface area contributed by atoms with Gasteiger partial charge in [0.25, 0.3) is 10.0 Å². The molecule has 3 aromatic carbocycles. The first-order valence-corrected chi connectivity index (χ1v) is 11.2. The van der Waals surface area contributed by atoms with Gasteiger partial charge in [0.05, 0.1) is 24.8 Å². The van der Waals surface area contributed by atoms with Crippen LogP contribution in [0.1, 0.15) is 5.56 Å². The molecule has 7 nitrogen and oxygen atoms in total. The molecule has 0 bridgehead atoms. The Morgan fingerprint density at radius 2 is 1.64 bits per heavy atom. The normalized spacial score (nSPS) is 11.1. The van der Waals surface area contributed by atoms with Gasteiger partial charge in [-0.05, 0) is 43.3 Å². The van der Waals surface area contributed by atoms with Crippen LogP contribution in [0.4, 0.5) is 20.2 Å². The fraction of sp³-hybridized carbons (Fsp3) is 0.174. The summed E-state index contributed by atoms with van der Waals surface area (Å²) in [6.07, 6.45) is 0. The molecule has 0 unspecified atom stereocenters. The minimum absolute atomic E-state index is 0.0201. The number of ether oxygens (including phenoxy) is 2. The summed E-state index contributed by atoms with van der Waals surface area (Å²) in [5, 5.41) is 2.39. The van der Waals surface area contributed by atoms with Crippen LogP contribution in [0.25, 0.3) is 0 Å². The number of hydrogen-bond acceptors (Lipinski definition) is 5. The number of sulfonamides is 1. The Kier molecular flexibility index (Phi) is 7.17. The second-order valence-corrected chi connectivity index (χ2v) is 8.90. The maximum atomic E-state index is 13.5. The van der Waals surface area contributed by atoms with Crippen LogP contribution in [0.3, 0.4) is 0 Å². The number of nitrogens with one attached hydrogen (secondary N) is 1. The van der Waals surface area contributed by atoms with Crippen LogP contribution in [0.15, 0.2) is 65.6 Å². The summed E-state index contributed by atoms with van der Waals surface area (Å²) in [6.45, 7) is 1.16. The summed E-state index contributed by atoms with van der Waals surface area (Å²) < 4.78 is 65.1. The van der Waals surface area contributed by atoms with Gasteiger partial charge in [0, 0.05) is 17.8 Å². The molecule has 10 heteroatoms. The number of hydrogen-bond donors (Lipinski definition) is 1. The fourth-order valence-corrected chi connectivity index (χ4v) is 4.46. The van der Waals surface area contributed by atoms with E-state index in [1.54, 1.807) is 12.1 Å². The molecule has 0 atom stereocenters. The number of nitrogens with zero attached hydrogens (tertiary/aromatic N) is 1. The summed E-state index contributed by atoms with van der Waals surface area (Å²) in [6, 6.07) is 13.4. The number of methoxy groups -OCH3 is 2. The van der Waals surface area contributed by atoms with Crippen LogP contribution in [0, 0.1) is 18.6 Å². The van der Waals surface area contributed by atoms with E-state index in [0.29, 0.717) is 5.75 Å². The van der Waals surface area contributed by atoms with Crippen molar-refractivity contribution in [1.29, 1.82) is 0 Å². The first-order chi connectivity index (χ1) is 15.6. The van der Waals surface area contributed by atoms with E-state index in [1.165, 1.54) is 50.6 Å². The van der Waals surface area contributed by atoms with E-state index in [0.717, 1.165) is 22.0 Å². The zero-order valence-corrected chi connectivity index (χ0v) is 18.9. The average Bonchev–Trinajstić information content (AvgIpc) is 2.79. The molecule has 0 aliphatic rings. The van der Waals surface area contributed by atoms with Crippen molar-refractivity contribution in [2.45, 2.75) is 11.8 Å². The third-order valence-electron chi connectivity index (χ3n) is 4.76. The second kappa shape index (κ2) is 9.86. The minimum atomic E-state index is -4.21. The summed E-state index contributed by atoms with van der Waals surface area (Å²) in [5.41, 5.74) is 0.936. The van der Waals surface area contributed by atoms with Crippen molar-refractivity contribution < 1.29 is 31.5 Å². The molecule has 0 heterocycles. The quantitative estimate of drug-likeness (QED) is 0.529. The Bertz CT molecular complexity index is 1260. The number of carbonyl (C=O) groups excluding carboxylic acids is 1. The molecule has 0 saturated carbocycles. The molecular weight excluding hydrogens is 454 g/mol. The lowest BCUT2D eigenvalue weighted by atomic mass is 10.2. The van der Waals surface area contributed by atoms with E-state index < -0.39 is 34.1 Å². The highest BCUT2D eigenvalue weighted by Crippen LogP contribution is 2.35. The monoisotopic (exact) mass is 476 g/mol. The predicted octanol–water partition coefficient (Wildman–Crippen LogP) is 4.12. The van der Waals surface area contributed by atoms with Gasteiger partial charge in [-0.2, -0.15) is 0 Å². The van der Waals surface area contributed by atoms with Crippen molar-refractivity contribution in [2.24, 2.45) is 0 Å². The summed E-state index contributed by atoms with van der Waals surface area (Å²) in [7, 11) is -1.40. The van der Waals surface area contributed by atoms with Crippen LogP contribution in [0.2, 0.25) is 0 Å². The van der Waals surface area contributed by atoms with Gasteiger partial charge < -0.3 is 14.8 Å². The van der Waals surface area contributed by atoms with Crippen LogP contribution in [-0.2, 0) is 14.8 Å². The zero-order chi connectivity index (χ0) is 24.2. The highest BCUT2D eigenvalue weighted by atomic mass is 32.2. The molecule has 0 aromatic heterocycles. The molecule has 0 spiro atoms. The third kappa shape index (κ3) is 5.40. The predicted molar refractivity (Wildman–Crippen MR) is 120 cm³/mol. The van der Waals surface area contributed by atoms with Crippen LogP contribution in [-0.4, -0.2) is 35.1 Å². The van der Waals surface area contributed by atoms with Crippen LogP contribution < -0.4 is 19.1 Å². The number of halogens is 2. The molecule has 0 aliphatic heterocycles. The molecule has 174 valence electrons. The number of amides is 1. The van der Waals surface area contributed by atoms with Crippen molar-refractivity contribution in [1.82, 2.24) is 0 Å². The van der Waals surface area contributed by atoms with Gasteiger partial charge in [0.1, 0.15) is 18.0 Å².